The van der Waals surface area contributed by atoms with Crippen molar-refractivity contribution in [3.63, 3.8) is 0 Å². The quantitative estimate of drug-likeness (QED) is 0.807. The second kappa shape index (κ2) is 7.04. The molecule has 4 nitrogen and oxygen atoms in total. The Hall–Kier alpha value is -2.07. The van der Waals surface area contributed by atoms with Crippen LogP contribution in [0.2, 0.25) is 0 Å². The molecule has 0 radical (unpaired) electrons. The number of carbonyl (C=O) groups is 1. The number of hydrogen-bond acceptors (Lipinski definition) is 3. The zero-order valence-corrected chi connectivity index (χ0v) is 15.3. The molecule has 134 valence electrons. The van der Waals surface area contributed by atoms with Crippen molar-refractivity contribution in [2.75, 3.05) is 20.2 Å². The fourth-order valence-electron chi connectivity index (χ4n) is 4.51. The summed E-state index contributed by atoms with van der Waals surface area (Å²) in [5.41, 5.74) is 2.06. The molecule has 1 aromatic carbocycles. The van der Waals surface area contributed by atoms with Gasteiger partial charge in [0.15, 0.2) is 0 Å². The van der Waals surface area contributed by atoms with E-state index in [1.807, 2.05) is 18.2 Å². The number of hydrogen-bond donors (Lipinski definition) is 1. The summed E-state index contributed by atoms with van der Waals surface area (Å²) in [4.78, 5) is 15.3. The van der Waals surface area contributed by atoms with E-state index in [2.05, 4.69) is 42.4 Å². The molecule has 0 aliphatic carbocycles. The van der Waals surface area contributed by atoms with Crippen LogP contribution in [0.1, 0.15) is 36.4 Å². The molecule has 3 rings (SSSR count). The van der Waals surface area contributed by atoms with Crippen LogP contribution in [0.15, 0.2) is 43.5 Å². The topological polar surface area (TPSA) is 41.6 Å². The Balaban J connectivity index is 1.95. The first kappa shape index (κ1) is 17.7. The van der Waals surface area contributed by atoms with E-state index < -0.39 is 0 Å². The van der Waals surface area contributed by atoms with E-state index in [1.54, 1.807) is 7.11 Å². The highest BCUT2D eigenvalue weighted by Gasteiger charge is 2.53. The largest absolute Gasteiger partial charge is 0.497 e. The average molecular weight is 340 g/mol. The fourth-order valence-corrected chi connectivity index (χ4v) is 4.51. The molecule has 2 unspecified atom stereocenters. The van der Waals surface area contributed by atoms with Crippen LogP contribution >= 0.6 is 0 Å². The lowest BCUT2D eigenvalue weighted by atomic mass is 9.77. The summed E-state index contributed by atoms with van der Waals surface area (Å²) in [6.07, 6.45) is 6.01. The highest BCUT2D eigenvalue weighted by Crippen LogP contribution is 2.47. The van der Waals surface area contributed by atoms with Crippen molar-refractivity contribution >= 4 is 5.91 Å². The monoisotopic (exact) mass is 340 g/mol. The number of amides is 1. The summed E-state index contributed by atoms with van der Waals surface area (Å²) in [6, 6.07) is 6.52. The fraction of sp³-hybridized carbons (Fsp3) is 0.476. The molecule has 2 aliphatic rings. The van der Waals surface area contributed by atoms with E-state index >= 15 is 0 Å². The summed E-state index contributed by atoms with van der Waals surface area (Å²) in [6.45, 7) is 11.5. The minimum absolute atomic E-state index is 0.153. The number of rotatable bonds is 6. The van der Waals surface area contributed by atoms with Crippen molar-refractivity contribution in [3.05, 3.63) is 54.6 Å². The van der Waals surface area contributed by atoms with E-state index in [-0.39, 0.29) is 23.4 Å². The molecule has 2 heterocycles. The summed E-state index contributed by atoms with van der Waals surface area (Å²) in [5.74, 6) is 1.12. The number of carbonyl (C=O) groups excluding carboxylic acids is 1. The molecule has 0 saturated carbocycles. The molecular formula is C21H28N2O2. The van der Waals surface area contributed by atoms with Gasteiger partial charge in [-0.05, 0) is 49.4 Å². The van der Waals surface area contributed by atoms with Crippen molar-refractivity contribution < 1.29 is 9.53 Å². The van der Waals surface area contributed by atoms with E-state index in [0.29, 0.717) is 12.8 Å². The number of ether oxygens (including phenoxy) is 1. The molecule has 1 amide bonds. The molecule has 1 N–H and O–H groups in total. The Morgan fingerprint density at radius 1 is 1.36 bits per heavy atom. The van der Waals surface area contributed by atoms with Gasteiger partial charge in [0, 0.05) is 13.1 Å². The number of nitrogens with one attached hydrogen (secondary N) is 1. The third kappa shape index (κ3) is 2.99. The van der Waals surface area contributed by atoms with Crippen LogP contribution in [-0.4, -0.2) is 37.0 Å². The van der Waals surface area contributed by atoms with Crippen molar-refractivity contribution in [2.24, 2.45) is 5.41 Å². The van der Waals surface area contributed by atoms with Crippen molar-refractivity contribution in [3.8, 4) is 5.75 Å². The predicted octanol–water partition coefficient (Wildman–Crippen LogP) is 3.39. The summed E-state index contributed by atoms with van der Waals surface area (Å²) < 4.78 is 5.33. The molecule has 0 bridgehead atoms. The zero-order chi connectivity index (χ0) is 18.0. The lowest BCUT2D eigenvalue weighted by molar-refractivity contribution is -0.137. The maximum absolute atomic E-state index is 13.2. The SMILES string of the molecule is C=CCC1(CC=C)CC2C(c3ccc(OC)cc3C)NCCN2C1=O. The van der Waals surface area contributed by atoms with Gasteiger partial charge in [0.05, 0.1) is 24.6 Å². The molecule has 2 saturated heterocycles. The molecule has 0 aromatic heterocycles. The Bertz CT molecular complexity index is 672. The van der Waals surface area contributed by atoms with Gasteiger partial charge in [0.2, 0.25) is 5.91 Å². The van der Waals surface area contributed by atoms with Gasteiger partial charge < -0.3 is 15.0 Å². The zero-order valence-electron chi connectivity index (χ0n) is 15.3. The van der Waals surface area contributed by atoms with Gasteiger partial charge in [-0.2, -0.15) is 0 Å². The van der Waals surface area contributed by atoms with Crippen LogP contribution in [0.4, 0.5) is 0 Å². The first-order chi connectivity index (χ1) is 12.1. The number of piperazine rings is 1. The van der Waals surface area contributed by atoms with Crippen molar-refractivity contribution in [1.82, 2.24) is 10.2 Å². The number of aryl methyl sites for hydroxylation is 1. The minimum Gasteiger partial charge on any atom is -0.497 e. The Morgan fingerprint density at radius 2 is 2.08 bits per heavy atom. The van der Waals surface area contributed by atoms with Gasteiger partial charge in [-0.3, -0.25) is 4.79 Å². The molecule has 25 heavy (non-hydrogen) atoms. The van der Waals surface area contributed by atoms with E-state index in [4.69, 9.17) is 4.74 Å². The van der Waals surface area contributed by atoms with Crippen LogP contribution in [0, 0.1) is 12.3 Å². The Morgan fingerprint density at radius 3 is 2.68 bits per heavy atom. The van der Waals surface area contributed by atoms with E-state index in [0.717, 1.165) is 25.3 Å². The van der Waals surface area contributed by atoms with E-state index in [1.165, 1.54) is 11.1 Å². The normalized spacial score (nSPS) is 24.7. The minimum atomic E-state index is -0.376. The third-order valence-electron chi connectivity index (χ3n) is 5.70. The second-order valence-electron chi connectivity index (χ2n) is 7.19. The predicted molar refractivity (Wildman–Crippen MR) is 101 cm³/mol. The van der Waals surface area contributed by atoms with Crippen molar-refractivity contribution in [1.29, 1.82) is 0 Å². The maximum atomic E-state index is 13.2. The molecular weight excluding hydrogens is 312 g/mol. The number of methoxy groups -OCH3 is 1. The van der Waals surface area contributed by atoms with Gasteiger partial charge in [-0.1, -0.05) is 18.2 Å². The van der Waals surface area contributed by atoms with Crippen LogP contribution in [0.25, 0.3) is 0 Å². The number of nitrogens with zero attached hydrogens (tertiary/aromatic N) is 1. The van der Waals surface area contributed by atoms with Crippen LogP contribution < -0.4 is 10.1 Å². The van der Waals surface area contributed by atoms with Gasteiger partial charge in [0.25, 0.3) is 0 Å². The highest BCUT2D eigenvalue weighted by molar-refractivity contribution is 5.86. The van der Waals surface area contributed by atoms with Gasteiger partial charge in [-0.15, -0.1) is 13.2 Å². The third-order valence-corrected chi connectivity index (χ3v) is 5.70. The molecule has 1 aromatic rings. The number of benzene rings is 1. The van der Waals surface area contributed by atoms with Crippen LogP contribution in [0.3, 0.4) is 0 Å². The molecule has 4 heteroatoms. The van der Waals surface area contributed by atoms with Crippen LogP contribution in [-0.2, 0) is 4.79 Å². The van der Waals surface area contributed by atoms with Crippen LogP contribution in [0.5, 0.6) is 5.75 Å². The molecule has 2 fully saturated rings. The maximum Gasteiger partial charge on any atom is 0.229 e. The summed E-state index contributed by atoms with van der Waals surface area (Å²) >= 11 is 0. The lowest BCUT2D eigenvalue weighted by Crippen LogP contribution is -2.51. The second-order valence-corrected chi connectivity index (χ2v) is 7.19. The van der Waals surface area contributed by atoms with Crippen molar-refractivity contribution in [2.45, 2.75) is 38.3 Å². The molecule has 2 aliphatic heterocycles. The first-order valence-electron chi connectivity index (χ1n) is 8.97. The summed E-state index contributed by atoms with van der Waals surface area (Å²) in [5, 5.41) is 3.64. The standard InChI is InChI=1S/C21H28N2O2/c1-5-9-21(10-6-2)14-18-19(22-11-12-23(18)20(21)24)17-8-7-16(25-4)13-15(17)3/h5-8,13,18-19,22H,1-2,9-12,14H2,3-4H3. The number of allylic oxidation sites excluding steroid dienone is 2. The number of fused-ring (bicyclic) bond motifs is 1. The first-order valence-corrected chi connectivity index (χ1v) is 8.97. The highest BCUT2D eigenvalue weighted by atomic mass is 16.5. The lowest BCUT2D eigenvalue weighted by Gasteiger charge is -2.38. The van der Waals surface area contributed by atoms with Gasteiger partial charge in [0.1, 0.15) is 5.75 Å². The Kier molecular flexibility index (Phi) is 5.00. The Labute approximate surface area is 150 Å². The smallest absolute Gasteiger partial charge is 0.229 e. The van der Waals surface area contributed by atoms with Gasteiger partial charge in [-0.25, -0.2) is 0 Å². The van der Waals surface area contributed by atoms with E-state index in [9.17, 15) is 4.79 Å². The average Bonchev–Trinajstić information content (AvgIpc) is 2.88. The molecule has 0 spiro atoms. The summed E-state index contributed by atoms with van der Waals surface area (Å²) in [7, 11) is 1.68. The van der Waals surface area contributed by atoms with Gasteiger partial charge >= 0.3 is 0 Å². The molecule has 2 atom stereocenters.